The highest BCUT2D eigenvalue weighted by Gasteiger charge is 2.32. The Morgan fingerprint density at radius 3 is 2.94 bits per heavy atom. The van der Waals surface area contributed by atoms with Crippen molar-refractivity contribution >= 4 is 5.91 Å². The molecule has 4 heteroatoms. The van der Waals surface area contributed by atoms with Gasteiger partial charge in [0.15, 0.2) is 5.76 Å². The van der Waals surface area contributed by atoms with Crippen molar-refractivity contribution in [1.82, 2.24) is 4.90 Å². The molecule has 2 atom stereocenters. The molecule has 0 saturated carbocycles. The molecule has 1 aromatic rings. The van der Waals surface area contributed by atoms with Gasteiger partial charge in [-0.15, -0.1) is 0 Å². The number of piperidine rings is 1. The molecule has 0 aliphatic carbocycles. The van der Waals surface area contributed by atoms with Gasteiger partial charge in [-0.25, -0.2) is 0 Å². The summed E-state index contributed by atoms with van der Waals surface area (Å²) in [4.78, 5) is 14.1. The van der Waals surface area contributed by atoms with E-state index in [1.165, 1.54) is 6.26 Å². The smallest absolute Gasteiger partial charge is 0.290 e. The summed E-state index contributed by atoms with van der Waals surface area (Å²) < 4.78 is 5.23. The van der Waals surface area contributed by atoms with Gasteiger partial charge in [-0.1, -0.05) is 0 Å². The van der Waals surface area contributed by atoms with E-state index in [0.29, 0.717) is 12.3 Å². The van der Waals surface area contributed by atoms with Crippen molar-refractivity contribution in [2.45, 2.75) is 45.3 Å². The minimum atomic E-state index is -0.491. The fraction of sp³-hybridized carbons (Fsp3) is 0.615. The molecule has 1 N–H and O–H groups in total. The van der Waals surface area contributed by atoms with Crippen LogP contribution in [-0.4, -0.2) is 34.6 Å². The van der Waals surface area contributed by atoms with Crippen LogP contribution in [0.2, 0.25) is 0 Å². The van der Waals surface area contributed by atoms with Gasteiger partial charge in [0.2, 0.25) is 0 Å². The molecule has 2 heterocycles. The number of hydrogen-bond donors (Lipinski definition) is 1. The summed E-state index contributed by atoms with van der Waals surface area (Å²) in [6.07, 6.45) is 3.97. The molecule has 2 unspecified atom stereocenters. The van der Waals surface area contributed by atoms with Gasteiger partial charge in [-0.05, 0) is 39.2 Å². The van der Waals surface area contributed by atoms with E-state index in [9.17, 15) is 9.90 Å². The summed E-state index contributed by atoms with van der Waals surface area (Å²) in [7, 11) is 0. The van der Waals surface area contributed by atoms with Crippen LogP contribution in [0.5, 0.6) is 0 Å². The number of carbonyl (C=O) groups is 1. The summed E-state index contributed by atoms with van der Waals surface area (Å²) in [5.41, 5.74) is 0.852. The van der Waals surface area contributed by atoms with Crippen LogP contribution in [0.25, 0.3) is 0 Å². The van der Waals surface area contributed by atoms with Crippen molar-refractivity contribution in [2.75, 3.05) is 6.54 Å². The van der Waals surface area contributed by atoms with Crippen LogP contribution in [0.15, 0.2) is 16.7 Å². The Kier molecular flexibility index (Phi) is 3.52. The van der Waals surface area contributed by atoms with Crippen molar-refractivity contribution in [2.24, 2.45) is 0 Å². The number of hydrogen-bond acceptors (Lipinski definition) is 3. The molecular formula is C13H19NO3. The average molecular weight is 237 g/mol. The number of aryl methyl sites for hydroxylation is 1. The molecule has 1 aliphatic heterocycles. The summed E-state index contributed by atoms with van der Waals surface area (Å²) in [5.74, 6) is 0.302. The molecule has 0 spiro atoms. The Balaban J connectivity index is 2.20. The third kappa shape index (κ3) is 2.36. The second kappa shape index (κ2) is 4.92. The maximum Gasteiger partial charge on any atom is 0.290 e. The molecule has 1 saturated heterocycles. The summed E-state index contributed by atoms with van der Waals surface area (Å²) >= 11 is 0. The molecule has 2 rings (SSSR count). The van der Waals surface area contributed by atoms with E-state index in [2.05, 4.69) is 0 Å². The van der Waals surface area contributed by atoms with Crippen LogP contribution in [0.3, 0.4) is 0 Å². The minimum Gasteiger partial charge on any atom is -0.459 e. The zero-order valence-corrected chi connectivity index (χ0v) is 10.3. The van der Waals surface area contributed by atoms with E-state index in [1.807, 2.05) is 6.92 Å². The van der Waals surface area contributed by atoms with Gasteiger partial charge in [0, 0.05) is 12.1 Å². The van der Waals surface area contributed by atoms with E-state index < -0.39 is 6.10 Å². The van der Waals surface area contributed by atoms with E-state index in [0.717, 1.165) is 24.8 Å². The van der Waals surface area contributed by atoms with Crippen LogP contribution in [0.4, 0.5) is 0 Å². The number of aliphatic hydroxyl groups is 1. The van der Waals surface area contributed by atoms with Gasteiger partial charge in [0.05, 0.1) is 18.4 Å². The molecule has 1 fully saturated rings. The Morgan fingerprint density at radius 1 is 1.59 bits per heavy atom. The van der Waals surface area contributed by atoms with Crippen LogP contribution in [0, 0.1) is 6.92 Å². The quantitative estimate of drug-likeness (QED) is 0.855. The number of rotatable bonds is 2. The highest BCUT2D eigenvalue weighted by Crippen LogP contribution is 2.23. The van der Waals surface area contributed by atoms with Crippen LogP contribution in [-0.2, 0) is 0 Å². The first-order valence-electron chi connectivity index (χ1n) is 6.14. The molecule has 1 aliphatic rings. The zero-order valence-electron chi connectivity index (χ0n) is 10.3. The van der Waals surface area contributed by atoms with Gasteiger partial charge < -0.3 is 14.4 Å². The molecule has 4 nitrogen and oxygen atoms in total. The monoisotopic (exact) mass is 237 g/mol. The molecule has 17 heavy (non-hydrogen) atoms. The molecule has 94 valence electrons. The van der Waals surface area contributed by atoms with Crippen LogP contribution < -0.4 is 0 Å². The SMILES string of the molecule is Cc1ccoc1C(=O)N1CCCCC1C(C)O. The average Bonchev–Trinajstić information content (AvgIpc) is 2.74. The first kappa shape index (κ1) is 12.2. The molecule has 1 aromatic heterocycles. The first-order valence-corrected chi connectivity index (χ1v) is 6.14. The lowest BCUT2D eigenvalue weighted by Gasteiger charge is -2.37. The second-order valence-corrected chi connectivity index (χ2v) is 4.74. The highest BCUT2D eigenvalue weighted by atomic mass is 16.3. The lowest BCUT2D eigenvalue weighted by Crippen LogP contribution is -2.48. The van der Waals surface area contributed by atoms with Crippen molar-refractivity contribution in [3.8, 4) is 0 Å². The Morgan fingerprint density at radius 2 is 2.35 bits per heavy atom. The lowest BCUT2D eigenvalue weighted by molar-refractivity contribution is 0.0257. The van der Waals surface area contributed by atoms with Crippen LogP contribution >= 0.6 is 0 Å². The van der Waals surface area contributed by atoms with Gasteiger partial charge in [0.25, 0.3) is 5.91 Å². The van der Waals surface area contributed by atoms with Crippen LogP contribution in [0.1, 0.15) is 42.3 Å². The fourth-order valence-electron chi connectivity index (χ4n) is 2.43. The third-order valence-electron chi connectivity index (χ3n) is 3.42. The van der Waals surface area contributed by atoms with Crippen molar-refractivity contribution in [3.63, 3.8) is 0 Å². The molecule has 1 amide bonds. The van der Waals surface area contributed by atoms with E-state index >= 15 is 0 Å². The number of nitrogens with zero attached hydrogens (tertiary/aromatic N) is 1. The summed E-state index contributed by atoms with van der Waals surface area (Å²) in [6.45, 7) is 4.30. The largest absolute Gasteiger partial charge is 0.459 e. The molecular weight excluding hydrogens is 218 g/mol. The Labute approximate surface area is 101 Å². The van der Waals surface area contributed by atoms with E-state index in [4.69, 9.17) is 4.42 Å². The number of amides is 1. The second-order valence-electron chi connectivity index (χ2n) is 4.74. The van der Waals surface area contributed by atoms with Gasteiger partial charge >= 0.3 is 0 Å². The fourth-order valence-corrected chi connectivity index (χ4v) is 2.43. The topological polar surface area (TPSA) is 53.7 Å². The van der Waals surface area contributed by atoms with Gasteiger partial charge in [-0.2, -0.15) is 0 Å². The van der Waals surface area contributed by atoms with Crippen molar-refractivity contribution in [1.29, 1.82) is 0 Å². The Hall–Kier alpha value is -1.29. The lowest BCUT2D eigenvalue weighted by atomic mass is 9.97. The zero-order chi connectivity index (χ0) is 12.4. The van der Waals surface area contributed by atoms with Gasteiger partial charge in [-0.3, -0.25) is 4.79 Å². The number of likely N-dealkylation sites (tertiary alicyclic amines) is 1. The maximum atomic E-state index is 12.3. The maximum absolute atomic E-state index is 12.3. The van der Waals surface area contributed by atoms with Crippen molar-refractivity contribution in [3.05, 3.63) is 23.7 Å². The van der Waals surface area contributed by atoms with E-state index in [-0.39, 0.29) is 11.9 Å². The van der Waals surface area contributed by atoms with E-state index in [1.54, 1.807) is 17.9 Å². The molecule has 0 radical (unpaired) electrons. The predicted molar refractivity (Wildman–Crippen MR) is 63.8 cm³/mol. The number of aliphatic hydroxyl groups excluding tert-OH is 1. The third-order valence-corrected chi connectivity index (χ3v) is 3.42. The molecule has 0 aromatic carbocycles. The standard InChI is InChI=1S/C13H19NO3/c1-9-6-8-17-12(9)13(16)14-7-4-3-5-11(14)10(2)15/h6,8,10-11,15H,3-5,7H2,1-2H3. The Bertz CT molecular complexity index is 397. The normalized spacial score (nSPS) is 22.5. The minimum absolute atomic E-state index is 0.0826. The predicted octanol–water partition coefficient (Wildman–Crippen LogP) is 1.96. The summed E-state index contributed by atoms with van der Waals surface area (Å²) in [6, 6.07) is 1.70. The first-order chi connectivity index (χ1) is 8.11. The molecule has 0 bridgehead atoms. The van der Waals surface area contributed by atoms with Gasteiger partial charge in [0.1, 0.15) is 0 Å². The summed E-state index contributed by atoms with van der Waals surface area (Å²) in [5, 5.41) is 9.74. The number of furan rings is 1. The van der Waals surface area contributed by atoms with Crippen molar-refractivity contribution < 1.29 is 14.3 Å². The number of carbonyl (C=O) groups excluding carboxylic acids is 1. The highest BCUT2D eigenvalue weighted by molar-refractivity contribution is 5.93.